The van der Waals surface area contributed by atoms with Crippen LogP contribution in [-0.4, -0.2) is 19.6 Å². The molecule has 0 aliphatic carbocycles. The van der Waals surface area contributed by atoms with Gasteiger partial charge in [0.05, 0.1) is 7.11 Å². The van der Waals surface area contributed by atoms with Crippen LogP contribution in [0.4, 0.5) is 4.39 Å². The lowest BCUT2D eigenvalue weighted by Gasteiger charge is -2.07. The van der Waals surface area contributed by atoms with Crippen LogP contribution in [0.15, 0.2) is 70.1 Å². The molecule has 0 fully saturated rings. The topological polar surface area (TPSA) is 77.8 Å². The predicted molar refractivity (Wildman–Crippen MR) is 105 cm³/mol. The summed E-state index contributed by atoms with van der Waals surface area (Å²) in [4.78, 5) is 24.3. The molecule has 3 rings (SSSR count). The molecule has 1 aromatic heterocycles. The number of carbonyl (C=O) groups excluding carboxylic acids is 1. The third kappa shape index (κ3) is 5.68. The number of carbonyl (C=O) groups is 1. The first-order valence-corrected chi connectivity index (χ1v) is 8.96. The maximum Gasteiger partial charge on any atom is 0.287 e. The van der Waals surface area contributed by atoms with E-state index >= 15 is 0 Å². The third-order valence-corrected chi connectivity index (χ3v) is 4.19. The number of ether oxygens (including phenoxy) is 2. The lowest BCUT2D eigenvalue weighted by molar-refractivity contribution is 0.0923. The van der Waals surface area contributed by atoms with Crippen LogP contribution in [0, 0.1) is 5.82 Å². The minimum Gasteiger partial charge on any atom is -0.497 e. The van der Waals surface area contributed by atoms with E-state index in [0.29, 0.717) is 18.5 Å². The van der Waals surface area contributed by atoms with Gasteiger partial charge >= 0.3 is 0 Å². The van der Waals surface area contributed by atoms with Crippen LogP contribution in [0.5, 0.6) is 11.5 Å². The van der Waals surface area contributed by atoms with E-state index in [1.165, 1.54) is 12.1 Å². The minimum absolute atomic E-state index is 0.0240. The maximum absolute atomic E-state index is 12.9. The van der Waals surface area contributed by atoms with Crippen molar-refractivity contribution in [1.82, 2.24) is 5.32 Å². The van der Waals surface area contributed by atoms with E-state index in [-0.39, 0.29) is 23.9 Å². The van der Waals surface area contributed by atoms with Gasteiger partial charge in [0.1, 0.15) is 24.4 Å². The normalized spacial score (nSPS) is 10.4. The number of methoxy groups -OCH3 is 1. The van der Waals surface area contributed by atoms with Crippen molar-refractivity contribution in [3.8, 4) is 11.5 Å². The third-order valence-electron chi connectivity index (χ3n) is 4.19. The van der Waals surface area contributed by atoms with E-state index in [1.54, 1.807) is 19.2 Å². The summed E-state index contributed by atoms with van der Waals surface area (Å²) in [6, 6.07) is 14.3. The Morgan fingerprint density at radius 1 is 1.07 bits per heavy atom. The van der Waals surface area contributed by atoms with Crippen molar-refractivity contribution in [2.24, 2.45) is 0 Å². The first kappa shape index (κ1) is 20.1. The highest BCUT2D eigenvalue weighted by Crippen LogP contribution is 2.12. The summed E-state index contributed by atoms with van der Waals surface area (Å²) in [6.45, 7) is 0.468. The second-order valence-corrected chi connectivity index (χ2v) is 6.24. The Morgan fingerprint density at radius 3 is 2.41 bits per heavy atom. The van der Waals surface area contributed by atoms with Crippen LogP contribution < -0.4 is 20.2 Å². The average Bonchev–Trinajstić information content (AvgIpc) is 2.74. The van der Waals surface area contributed by atoms with Gasteiger partial charge < -0.3 is 19.2 Å². The van der Waals surface area contributed by atoms with Gasteiger partial charge in [-0.2, -0.15) is 0 Å². The highest BCUT2D eigenvalue weighted by Gasteiger charge is 2.12. The molecule has 0 aliphatic rings. The van der Waals surface area contributed by atoms with Crippen molar-refractivity contribution in [3.05, 3.63) is 93.8 Å². The number of nitrogens with one attached hydrogen (secondary N) is 1. The van der Waals surface area contributed by atoms with Gasteiger partial charge in [-0.15, -0.1) is 0 Å². The number of hydrogen-bond donors (Lipinski definition) is 1. The monoisotopic (exact) mass is 397 g/mol. The highest BCUT2D eigenvalue weighted by atomic mass is 19.1. The molecule has 0 atom stereocenters. The van der Waals surface area contributed by atoms with Crippen molar-refractivity contribution in [3.63, 3.8) is 0 Å². The van der Waals surface area contributed by atoms with Gasteiger partial charge in [-0.3, -0.25) is 9.59 Å². The zero-order valence-electron chi connectivity index (χ0n) is 15.8. The molecule has 29 heavy (non-hydrogen) atoms. The number of benzene rings is 2. The summed E-state index contributed by atoms with van der Waals surface area (Å²) in [5, 5.41) is 2.71. The number of hydrogen-bond acceptors (Lipinski definition) is 5. The summed E-state index contributed by atoms with van der Waals surface area (Å²) in [5.74, 6) is -0.194. The van der Waals surface area contributed by atoms with E-state index < -0.39 is 11.3 Å². The molecule has 150 valence electrons. The molecule has 0 saturated heterocycles. The number of rotatable bonds is 8. The fraction of sp³-hybridized carbons (Fsp3) is 0.182. The Balaban J connectivity index is 1.52. The Labute approximate surface area is 166 Å². The van der Waals surface area contributed by atoms with Gasteiger partial charge in [-0.1, -0.05) is 24.3 Å². The van der Waals surface area contributed by atoms with Crippen molar-refractivity contribution in [2.75, 3.05) is 13.7 Å². The smallest absolute Gasteiger partial charge is 0.287 e. The van der Waals surface area contributed by atoms with Gasteiger partial charge in [0, 0.05) is 12.6 Å². The van der Waals surface area contributed by atoms with Crippen LogP contribution >= 0.6 is 0 Å². The zero-order chi connectivity index (χ0) is 20.6. The average molecular weight is 397 g/mol. The Hall–Kier alpha value is -3.61. The first-order chi connectivity index (χ1) is 14.0. The summed E-state index contributed by atoms with van der Waals surface area (Å²) in [5.41, 5.74) is 1.27. The molecule has 7 heteroatoms. The molecule has 0 unspecified atom stereocenters. The van der Waals surface area contributed by atoms with Crippen molar-refractivity contribution in [1.29, 1.82) is 0 Å². The number of halogens is 1. The molecule has 3 aromatic rings. The molecule has 6 nitrogen and oxygen atoms in total. The summed E-state index contributed by atoms with van der Waals surface area (Å²) in [6.07, 6.45) is 1.73. The van der Waals surface area contributed by atoms with E-state index in [2.05, 4.69) is 5.32 Å². The summed E-state index contributed by atoms with van der Waals surface area (Å²) in [7, 11) is 1.60. The standard InChI is InChI=1S/C22H20FNO5/c1-27-18-8-4-15(5-9-18)10-11-24-22(26)20-12-19(25)21(14-29-20)28-13-16-2-6-17(23)7-3-16/h2-9,12,14H,10-11,13H2,1H3,(H,24,26). The van der Waals surface area contributed by atoms with Crippen LogP contribution in [0.1, 0.15) is 21.7 Å². The quantitative estimate of drug-likeness (QED) is 0.631. The predicted octanol–water partition coefficient (Wildman–Crippen LogP) is 3.34. The van der Waals surface area contributed by atoms with E-state index in [9.17, 15) is 14.0 Å². The van der Waals surface area contributed by atoms with E-state index in [1.807, 2.05) is 24.3 Å². The largest absolute Gasteiger partial charge is 0.497 e. The second-order valence-electron chi connectivity index (χ2n) is 6.24. The highest BCUT2D eigenvalue weighted by molar-refractivity contribution is 5.91. The van der Waals surface area contributed by atoms with Gasteiger partial charge in [-0.05, 0) is 41.8 Å². The Morgan fingerprint density at radius 2 is 1.76 bits per heavy atom. The zero-order valence-corrected chi connectivity index (χ0v) is 15.8. The molecule has 0 aliphatic heterocycles. The molecular formula is C22H20FNO5. The van der Waals surface area contributed by atoms with Crippen molar-refractivity contribution >= 4 is 5.91 Å². The minimum atomic E-state index is -0.485. The summed E-state index contributed by atoms with van der Waals surface area (Å²) >= 11 is 0. The van der Waals surface area contributed by atoms with Gasteiger partial charge in [0.2, 0.25) is 11.2 Å². The van der Waals surface area contributed by atoms with Crippen molar-refractivity contribution in [2.45, 2.75) is 13.0 Å². The molecule has 0 radical (unpaired) electrons. The van der Waals surface area contributed by atoms with E-state index in [0.717, 1.165) is 23.6 Å². The summed E-state index contributed by atoms with van der Waals surface area (Å²) < 4.78 is 28.6. The van der Waals surface area contributed by atoms with E-state index in [4.69, 9.17) is 13.9 Å². The SMILES string of the molecule is COc1ccc(CCNC(=O)c2cc(=O)c(OCc3ccc(F)cc3)co2)cc1. The lowest BCUT2D eigenvalue weighted by atomic mass is 10.1. The molecule has 0 bridgehead atoms. The fourth-order valence-electron chi connectivity index (χ4n) is 2.56. The first-order valence-electron chi connectivity index (χ1n) is 8.96. The van der Waals surface area contributed by atoms with Crippen molar-refractivity contribution < 1.29 is 23.1 Å². The van der Waals surface area contributed by atoms with Crippen LogP contribution in [0.25, 0.3) is 0 Å². The molecular weight excluding hydrogens is 377 g/mol. The van der Waals surface area contributed by atoms with Crippen LogP contribution in [0.2, 0.25) is 0 Å². The molecule has 0 spiro atoms. The lowest BCUT2D eigenvalue weighted by Crippen LogP contribution is -2.26. The van der Waals surface area contributed by atoms with Gasteiger partial charge in [0.15, 0.2) is 5.76 Å². The Bertz CT molecular complexity index is 1010. The molecule has 1 N–H and O–H groups in total. The van der Waals surface area contributed by atoms with Crippen LogP contribution in [-0.2, 0) is 13.0 Å². The molecule has 0 saturated carbocycles. The molecule has 1 amide bonds. The fourth-order valence-corrected chi connectivity index (χ4v) is 2.56. The molecule has 2 aromatic carbocycles. The maximum atomic E-state index is 12.9. The second kappa shape index (κ2) is 9.54. The molecule has 1 heterocycles. The number of amides is 1. The Kier molecular flexibility index (Phi) is 6.63. The van der Waals surface area contributed by atoms with Gasteiger partial charge in [-0.25, -0.2) is 4.39 Å². The van der Waals surface area contributed by atoms with Crippen LogP contribution in [0.3, 0.4) is 0 Å². The van der Waals surface area contributed by atoms with Gasteiger partial charge in [0.25, 0.3) is 5.91 Å².